The van der Waals surface area contributed by atoms with Crippen molar-refractivity contribution in [2.75, 3.05) is 0 Å². The van der Waals surface area contributed by atoms with Gasteiger partial charge in [-0.2, -0.15) is 0 Å². The number of rotatable bonds is 3. The average molecular weight is 361 g/mol. The molecule has 0 atom stereocenters. The number of hydrogen-bond acceptors (Lipinski definition) is 3. The molecule has 17 heavy (non-hydrogen) atoms. The van der Waals surface area contributed by atoms with Crippen molar-refractivity contribution < 1.29 is 27.8 Å². The third kappa shape index (κ3) is 4.36. The summed E-state index contributed by atoms with van der Waals surface area (Å²) in [5.74, 6) is -1.95. The number of alkyl halides is 3. The van der Waals surface area contributed by atoms with Crippen LogP contribution in [0.4, 0.5) is 13.2 Å². The molecular weight excluding hydrogens is 354 g/mol. The Labute approximate surface area is 108 Å². The molecule has 0 radical (unpaired) electrons. The number of ether oxygens (including phenoxy) is 1. The highest BCUT2D eigenvalue weighted by Gasteiger charge is 2.33. The van der Waals surface area contributed by atoms with E-state index in [4.69, 9.17) is 5.11 Å². The van der Waals surface area contributed by atoms with Crippen LogP contribution in [0.15, 0.2) is 6.07 Å². The van der Waals surface area contributed by atoms with Gasteiger partial charge in [-0.3, -0.25) is 4.79 Å². The summed E-state index contributed by atoms with van der Waals surface area (Å²) in [5, 5.41) is 8.62. The summed E-state index contributed by atoms with van der Waals surface area (Å²) >= 11 is 1.73. The smallest absolute Gasteiger partial charge is 0.481 e. The summed E-state index contributed by atoms with van der Waals surface area (Å²) in [6.45, 7) is 1.51. The van der Waals surface area contributed by atoms with Gasteiger partial charge in [0.05, 0.1) is 6.42 Å². The van der Waals surface area contributed by atoms with E-state index in [1.807, 2.05) is 0 Å². The maximum Gasteiger partial charge on any atom is 0.574 e. The van der Waals surface area contributed by atoms with Crippen molar-refractivity contribution in [2.24, 2.45) is 0 Å². The van der Waals surface area contributed by atoms with Crippen LogP contribution < -0.4 is 4.74 Å². The molecule has 1 aromatic heterocycles. The van der Waals surface area contributed by atoms with Crippen LogP contribution in [0.25, 0.3) is 0 Å². The van der Waals surface area contributed by atoms with E-state index >= 15 is 0 Å². The lowest BCUT2D eigenvalue weighted by Gasteiger charge is -2.13. The third-order valence-electron chi connectivity index (χ3n) is 1.82. The molecule has 8 heteroatoms. The number of aromatic nitrogens is 1. The molecule has 0 fully saturated rings. The maximum atomic E-state index is 12.1. The lowest BCUT2D eigenvalue weighted by atomic mass is 10.1. The van der Waals surface area contributed by atoms with Crippen molar-refractivity contribution in [3.63, 3.8) is 0 Å². The van der Waals surface area contributed by atoms with Crippen LogP contribution >= 0.6 is 22.6 Å². The standard InChI is InChI=1S/C9H7F3INO3/c1-4-2-6(13)14-8(17-9(10,11)12)5(4)3-7(15)16/h2H,3H2,1H3,(H,15,16). The van der Waals surface area contributed by atoms with Gasteiger partial charge in [0.15, 0.2) is 0 Å². The molecule has 0 aliphatic carbocycles. The number of aryl methyl sites for hydroxylation is 1. The van der Waals surface area contributed by atoms with E-state index < -0.39 is 24.6 Å². The van der Waals surface area contributed by atoms with Gasteiger partial charge in [-0.1, -0.05) is 0 Å². The van der Waals surface area contributed by atoms with E-state index in [2.05, 4.69) is 9.72 Å². The van der Waals surface area contributed by atoms with Crippen molar-refractivity contribution in [1.29, 1.82) is 0 Å². The fourth-order valence-corrected chi connectivity index (χ4v) is 1.88. The van der Waals surface area contributed by atoms with Gasteiger partial charge in [0, 0.05) is 5.56 Å². The first-order chi connectivity index (χ1) is 7.69. The lowest BCUT2D eigenvalue weighted by Crippen LogP contribution is -2.20. The second-order valence-corrected chi connectivity index (χ2v) is 4.27. The number of aliphatic carboxylic acids is 1. The van der Waals surface area contributed by atoms with Crippen molar-refractivity contribution in [3.05, 3.63) is 20.9 Å². The van der Waals surface area contributed by atoms with E-state index in [0.29, 0.717) is 9.26 Å². The maximum absolute atomic E-state index is 12.1. The topological polar surface area (TPSA) is 59.4 Å². The van der Waals surface area contributed by atoms with Gasteiger partial charge in [0.2, 0.25) is 5.88 Å². The fourth-order valence-electron chi connectivity index (χ4n) is 1.19. The molecule has 0 aliphatic heterocycles. The van der Waals surface area contributed by atoms with Crippen LogP contribution in [-0.4, -0.2) is 22.4 Å². The lowest BCUT2D eigenvalue weighted by molar-refractivity contribution is -0.276. The van der Waals surface area contributed by atoms with Crippen molar-refractivity contribution in [1.82, 2.24) is 4.98 Å². The van der Waals surface area contributed by atoms with Gasteiger partial charge in [0.25, 0.3) is 0 Å². The molecule has 0 amide bonds. The van der Waals surface area contributed by atoms with Crippen molar-refractivity contribution >= 4 is 28.6 Å². The summed E-state index contributed by atoms with van der Waals surface area (Å²) in [6.07, 6.45) is -5.46. The molecule has 1 aromatic rings. The Morgan fingerprint density at radius 2 is 2.18 bits per heavy atom. The minimum absolute atomic E-state index is 0.0739. The Morgan fingerprint density at radius 3 is 2.65 bits per heavy atom. The zero-order valence-corrected chi connectivity index (χ0v) is 10.7. The second kappa shape index (κ2) is 5.07. The highest BCUT2D eigenvalue weighted by Crippen LogP contribution is 2.28. The van der Waals surface area contributed by atoms with Gasteiger partial charge in [0.1, 0.15) is 3.70 Å². The highest BCUT2D eigenvalue weighted by atomic mass is 127. The molecule has 1 heterocycles. The number of halogens is 4. The van der Waals surface area contributed by atoms with Crippen LogP contribution in [-0.2, 0) is 11.2 Å². The van der Waals surface area contributed by atoms with Crippen LogP contribution in [0.5, 0.6) is 5.88 Å². The third-order valence-corrected chi connectivity index (χ3v) is 2.37. The first-order valence-corrected chi connectivity index (χ1v) is 5.40. The first kappa shape index (κ1) is 14.0. The number of nitrogens with zero attached hydrogens (tertiary/aromatic N) is 1. The second-order valence-electron chi connectivity index (χ2n) is 3.16. The predicted octanol–water partition coefficient (Wildman–Crippen LogP) is 2.52. The molecular formula is C9H7F3INO3. The minimum Gasteiger partial charge on any atom is -0.481 e. The zero-order valence-electron chi connectivity index (χ0n) is 8.51. The predicted molar refractivity (Wildman–Crippen MR) is 59.7 cm³/mol. The van der Waals surface area contributed by atoms with Gasteiger partial charge in [-0.25, -0.2) is 4.98 Å². The first-order valence-electron chi connectivity index (χ1n) is 4.32. The Bertz CT molecular complexity index is 448. The summed E-state index contributed by atoms with van der Waals surface area (Å²) in [4.78, 5) is 14.1. The summed E-state index contributed by atoms with van der Waals surface area (Å²) in [7, 11) is 0. The van der Waals surface area contributed by atoms with Crippen LogP contribution in [0.3, 0.4) is 0 Å². The number of carbonyl (C=O) groups is 1. The van der Waals surface area contributed by atoms with Crippen molar-refractivity contribution in [2.45, 2.75) is 19.7 Å². The van der Waals surface area contributed by atoms with Gasteiger partial charge in [-0.05, 0) is 41.1 Å². The molecule has 4 nitrogen and oxygen atoms in total. The monoisotopic (exact) mass is 361 g/mol. The van der Waals surface area contributed by atoms with Gasteiger partial charge < -0.3 is 9.84 Å². The summed E-state index contributed by atoms with van der Waals surface area (Å²) in [5.41, 5.74) is 0.321. The normalized spacial score (nSPS) is 11.4. The number of carboxylic acid groups (broad SMARTS) is 1. The van der Waals surface area contributed by atoms with E-state index in [-0.39, 0.29) is 5.56 Å². The Kier molecular flexibility index (Phi) is 4.17. The summed E-state index contributed by atoms with van der Waals surface area (Å²) in [6, 6.07) is 1.49. The largest absolute Gasteiger partial charge is 0.574 e. The molecule has 1 N–H and O–H groups in total. The van der Waals surface area contributed by atoms with Crippen LogP contribution in [0.1, 0.15) is 11.1 Å². The van der Waals surface area contributed by atoms with E-state index in [9.17, 15) is 18.0 Å². The molecule has 0 saturated heterocycles. The fraction of sp³-hybridized carbons (Fsp3) is 0.333. The highest BCUT2D eigenvalue weighted by molar-refractivity contribution is 14.1. The number of hydrogen-bond donors (Lipinski definition) is 1. The number of carboxylic acids is 1. The van der Waals surface area contributed by atoms with Gasteiger partial charge >= 0.3 is 12.3 Å². The molecule has 94 valence electrons. The van der Waals surface area contributed by atoms with Crippen molar-refractivity contribution in [3.8, 4) is 5.88 Å². The van der Waals surface area contributed by atoms with Gasteiger partial charge in [-0.15, -0.1) is 13.2 Å². The van der Waals surface area contributed by atoms with Crippen LogP contribution in [0.2, 0.25) is 0 Å². The van der Waals surface area contributed by atoms with E-state index in [0.717, 1.165) is 0 Å². The molecule has 0 bridgehead atoms. The van der Waals surface area contributed by atoms with E-state index in [1.54, 1.807) is 22.6 Å². The summed E-state index contributed by atoms with van der Waals surface area (Å²) < 4.78 is 40.3. The molecule has 1 rings (SSSR count). The quantitative estimate of drug-likeness (QED) is 0.664. The minimum atomic E-state index is -4.89. The molecule has 0 unspecified atom stereocenters. The van der Waals surface area contributed by atoms with Crippen LogP contribution in [0, 0.1) is 10.6 Å². The Balaban J connectivity index is 3.20. The Morgan fingerprint density at radius 1 is 1.59 bits per heavy atom. The zero-order chi connectivity index (χ0) is 13.2. The molecule has 0 saturated carbocycles. The molecule has 0 spiro atoms. The SMILES string of the molecule is Cc1cc(I)nc(OC(F)(F)F)c1CC(=O)O. The Hall–Kier alpha value is -1.06. The van der Waals surface area contributed by atoms with E-state index in [1.165, 1.54) is 13.0 Å². The average Bonchev–Trinajstić information content (AvgIpc) is 2.07. The molecule has 0 aromatic carbocycles. The number of pyridine rings is 1. The molecule has 0 aliphatic rings.